The number of cyclic esters (lactones) is 1. The van der Waals surface area contributed by atoms with E-state index in [0.29, 0.717) is 32.4 Å². The van der Waals surface area contributed by atoms with E-state index in [4.69, 9.17) is 37.9 Å². The van der Waals surface area contributed by atoms with Gasteiger partial charge in [0.1, 0.15) is 42.4 Å². The number of aromatic nitrogens is 1. The molecule has 0 aliphatic carbocycles. The highest BCUT2D eigenvalue weighted by Gasteiger charge is 2.52. The number of methoxy groups -OCH3 is 1. The van der Waals surface area contributed by atoms with Crippen LogP contribution >= 0.6 is 0 Å². The number of para-hydroxylation sites is 1. The second kappa shape index (κ2) is 26.7. The Morgan fingerprint density at radius 1 is 0.986 bits per heavy atom. The molecule has 4 heterocycles. The summed E-state index contributed by atoms with van der Waals surface area (Å²) in [4.78, 5) is 60.9. The van der Waals surface area contributed by atoms with Crippen molar-refractivity contribution in [2.24, 2.45) is 17.8 Å². The minimum absolute atomic E-state index is 0.00444. The van der Waals surface area contributed by atoms with Crippen LogP contribution in [0.15, 0.2) is 42.6 Å². The maximum absolute atomic E-state index is 14.2. The number of likely N-dealkylation sites (N-methyl/N-ethyl adjacent to an activating group) is 2. The van der Waals surface area contributed by atoms with Gasteiger partial charge in [0.15, 0.2) is 12.6 Å². The molecule has 3 aliphatic heterocycles. The van der Waals surface area contributed by atoms with Gasteiger partial charge in [-0.15, -0.1) is 0 Å². The quantitative estimate of drug-likeness (QED) is 0.122. The molecule has 0 spiro atoms. The number of hydrogen-bond acceptors (Lipinski definition) is 17. The average Bonchev–Trinajstić information content (AvgIpc) is 3.31. The number of esters is 3. The molecule has 16 atom stereocenters. The van der Waals surface area contributed by atoms with Crippen LogP contribution in [0.3, 0.4) is 0 Å². The third-order valence-electron chi connectivity index (χ3n) is 14.5. The van der Waals surface area contributed by atoms with Gasteiger partial charge in [0.05, 0.1) is 42.4 Å². The van der Waals surface area contributed by atoms with Gasteiger partial charge in [-0.1, -0.05) is 58.0 Å². The van der Waals surface area contributed by atoms with E-state index < -0.39 is 97.3 Å². The number of fused-ring (bicyclic) bond motifs is 1. The molecule has 1 aromatic heterocycles. The monoisotopic (exact) mass is 984 g/mol. The topological polar surface area (TPSA) is 202 Å². The predicted octanol–water partition coefficient (Wildman–Crippen LogP) is 5.88. The largest absolute Gasteiger partial charge is 0.462 e. The Labute approximate surface area is 414 Å². The summed E-state index contributed by atoms with van der Waals surface area (Å²) in [6.45, 7) is 13.8. The number of ether oxygens (including phenoxy) is 8. The van der Waals surface area contributed by atoms with Gasteiger partial charge < -0.3 is 62.7 Å². The van der Waals surface area contributed by atoms with E-state index in [-0.39, 0.29) is 56.0 Å². The zero-order chi connectivity index (χ0) is 51.3. The number of aliphatic hydroxyl groups excluding tert-OH is 2. The fraction of sp³-hybridized carbons (Fsp3) is 0.717. The van der Waals surface area contributed by atoms with Crippen molar-refractivity contribution in [2.45, 2.75) is 185 Å². The molecule has 0 radical (unpaired) electrons. The van der Waals surface area contributed by atoms with E-state index in [2.05, 4.69) is 4.98 Å². The molecule has 5 unspecified atom stereocenters. The molecule has 3 saturated heterocycles. The molecule has 2 aromatic rings. The highest BCUT2D eigenvalue weighted by atomic mass is 16.7. The number of rotatable bonds is 15. The SMILES string of the molecule is CCC(=O)O[C@@H]1CC(=O)O[C@@H](C/C=C/c2cnc3ccccc3c2)CCCN(C)C[C@H](O)[C@H](C)C[C@H](CC=O)[C@H](O[C@@H]2OC(C)[C@H](O[C@H]3CC(C)(OC(=O)CC)[C@@H](C)C(C)O3)C(N(C)C)C2O)[C@H]1OC. The van der Waals surface area contributed by atoms with Crippen LogP contribution in [0.4, 0.5) is 0 Å². The van der Waals surface area contributed by atoms with E-state index in [1.54, 1.807) is 41.1 Å². The lowest BCUT2D eigenvalue weighted by Gasteiger charge is -2.51. The zero-order valence-electron chi connectivity index (χ0n) is 43.3. The lowest BCUT2D eigenvalue weighted by molar-refractivity contribution is -0.341. The lowest BCUT2D eigenvalue weighted by Crippen LogP contribution is -2.65. The Balaban J connectivity index is 1.46. The number of carbonyl (C=O) groups is 4. The van der Waals surface area contributed by atoms with Crippen LogP contribution < -0.4 is 0 Å². The fourth-order valence-corrected chi connectivity index (χ4v) is 10.1. The molecule has 3 fully saturated rings. The Kier molecular flexibility index (Phi) is 21.7. The van der Waals surface area contributed by atoms with Gasteiger partial charge in [0, 0.05) is 63.3 Å². The van der Waals surface area contributed by atoms with Crippen molar-refractivity contribution in [1.29, 1.82) is 0 Å². The van der Waals surface area contributed by atoms with Crippen LogP contribution in [0.1, 0.15) is 112 Å². The highest BCUT2D eigenvalue weighted by molar-refractivity contribution is 5.80. The zero-order valence-corrected chi connectivity index (χ0v) is 43.3. The van der Waals surface area contributed by atoms with Crippen molar-refractivity contribution < 1.29 is 67.3 Å². The number of nitrogens with zero attached hydrogens (tertiary/aromatic N) is 3. The minimum atomic E-state index is -1.37. The first kappa shape index (κ1) is 57.0. The van der Waals surface area contributed by atoms with Crippen molar-refractivity contribution in [3.8, 4) is 0 Å². The van der Waals surface area contributed by atoms with Crippen LogP contribution in [-0.2, 0) is 57.1 Å². The summed E-state index contributed by atoms with van der Waals surface area (Å²) in [7, 11) is 6.93. The first-order chi connectivity index (χ1) is 33.3. The van der Waals surface area contributed by atoms with Crippen LogP contribution in [0, 0.1) is 17.8 Å². The summed E-state index contributed by atoms with van der Waals surface area (Å²) in [6, 6.07) is 9.16. The van der Waals surface area contributed by atoms with Crippen LogP contribution in [0.2, 0.25) is 0 Å². The Morgan fingerprint density at radius 2 is 1.71 bits per heavy atom. The number of aldehydes is 1. The minimum Gasteiger partial charge on any atom is -0.462 e. The van der Waals surface area contributed by atoms with Crippen LogP contribution in [0.25, 0.3) is 17.0 Å². The van der Waals surface area contributed by atoms with E-state index in [1.165, 1.54) is 7.11 Å². The average molecular weight is 984 g/mol. The molecule has 17 heteroatoms. The Morgan fingerprint density at radius 3 is 2.40 bits per heavy atom. The van der Waals surface area contributed by atoms with Gasteiger partial charge in [0.2, 0.25) is 0 Å². The molecule has 0 saturated carbocycles. The van der Waals surface area contributed by atoms with Crippen molar-refractivity contribution in [3.63, 3.8) is 0 Å². The van der Waals surface area contributed by atoms with Crippen molar-refractivity contribution in [1.82, 2.24) is 14.8 Å². The van der Waals surface area contributed by atoms with Gasteiger partial charge in [-0.25, -0.2) is 0 Å². The normalized spacial score (nSPS) is 35.6. The summed E-state index contributed by atoms with van der Waals surface area (Å²) in [5.41, 5.74) is 0.908. The second-order valence-corrected chi connectivity index (χ2v) is 20.1. The highest BCUT2D eigenvalue weighted by Crippen LogP contribution is 2.40. The maximum Gasteiger partial charge on any atom is 0.309 e. The summed E-state index contributed by atoms with van der Waals surface area (Å²) in [5.74, 6) is -2.73. The van der Waals surface area contributed by atoms with Gasteiger partial charge in [-0.3, -0.25) is 19.4 Å². The van der Waals surface area contributed by atoms with Crippen molar-refractivity contribution in [2.75, 3.05) is 41.3 Å². The predicted molar refractivity (Wildman–Crippen MR) is 262 cm³/mol. The van der Waals surface area contributed by atoms with Crippen molar-refractivity contribution in [3.05, 3.63) is 48.2 Å². The van der Waals surface area contributed by atoms with Gasteiger partial charge >= 0.3 is 17.9 Å². The maximum atomic E-state index is 14.2. The number of pyridine rings is 1. The summed E-state index contributed by atoms with van der Waals surface area (Å²) < 4.78 is 50.8. The Bertz CT molecular complexity index is 2020. The molecule has 392 valence electrons. The fourth-order valence-electron chi connectivity index (χ4n) is 10.1. The number of hydrogen-bond donors (Lipinski definition) is 2. The molecule has 5 rings (SSSR count). The third-order valence-corrected chi connectivity index (χ3v) is 14.5. The summed E-state index contributed by atoms with van der Waals surface area (Å²) >= 11 is 0. The van der Waals surface area contributed by atoms with E-state index >= 15 is 0 Å². The van der Waals surface area contributed by atoms with Crippen molar-refractivity contribution >= 4 is 41.2 Å². The van der Waals surface area contributed by atoms with E-state index in [1.807, 2.05) is 87.0 Å². The number of β-amino-alcohol motifs (C(OH)–C–C–N with tert-alkyl or cyclic N) is 1. The first-order valence-electron chi connectivity index (χ1n) is 25.2. The third kappa shape index (κ3) is 15.3. The second-order valence-electron chi connectivity index (χ2n) is 20.1. The van der Waals surface area contributed by atoms with Gasteiger partial charge in [0.25, 0.3) is 0 Å². The van der Waals surface area contributed by atoms with Crippen LogP contribution in [-0.4, -0.2) is 170 Å². The standard InChI is InChI=1S/C53H81N3O14/c1-12-43(59)67-42-28-45(61)66-39(20-16-18-36-27-37-19-14-15-22-40(37)54-30-36)21-17-24-56(10)31-41(58)32(3)26-38(23-25-57)50(51(42)63-11)69-52-48(62)47(55(8)9)49(35(6)65-52)68-46-29-53(7,70-44(60)13-2)33(4)34(5)64-46/h14-16,18-19,22,25,27,30,32-35,38-39,41-42,46-52,58,62H,12-13,17,20-21,23-24,26,28-29,31H2,1-11H3/b18-16+/t32-,33+,34?,35?,38+,39+,41+,42-,46+,47?,48?,49+,50+,51+,52+,53?/m1/s1. The number of benzene rings is 1. The van der Waals surface area contributed by atoms with Crippen LogP contribution in [0.5, 0.6) is 0 Å². The Hall–Kier alpha value is -3.91. The summed E-state index contributed by atoms with van der Waals surface area (Å²) in [6.07, 6.45) is -1.99. The summed E-state index contributed by atoms with van der Waals surface area (Å²) in [5, 5.41) is 25.0. The molecule has 1 aromatic carbocycles. The molecule has 2 N–H and O–H groups in total. The van der Waals surface area contributed by atoms with E-state index in [9.17, 15) is 29.4 Å². The number of carbonyl (C=O) groups excluding carboxylic acids is 4. The molecule has 0 amide bonds. The molecular weight excluding hydrogens is 903 g/mol. The molecule has 70 heavy (non-hydrogen) atoms. The lowest BCUT2D eigenvalue weighted by atomic mass is 9.81. The molecule has 17 nitrogen and oxygen atoms in total. The molecule has 3 aliphatic rings. The molecule has 0 bridgehead atoms. The van der Waals surface area contributed by atoms with Gasteiger partial charge in [-0.2, -0.15) is 0 Å². The smallest absolute Gasteiger partial charge is 0.309 e. The first-order valence-corrected chi connectivity index (χ1v) is 25.2. The van der Waals surface area contributed by atoms with Gasteiger partial charge in [-0.05, 0) is 97.3 Å². The molecular formula is C53H81N3O14. The number of aliphatic hydroxyl groups is 2. The van der Waals surface area contributed by atoms with E-state index in [0.717, 1.165) is 22.8 Å².